The number of likely N-dealkylation sites (tertiary alicyclic amines) is 1. The second-order valence-electron chi connectivity index (χ2n) is 5.74. The lowest BCUT2D eigenvalue weighted by Crippen LogP contribution is -2.46. The fourth-order valence-electron chi connectivity index (χ4n) is 2.69. The smallest absolute Gasteiger partial charge is 0.289 e. The molecule has 1 N–H and O–H groups in total. The van der Waals surface area contributed by atoms with Crippen molar-refractivity contribution in [3.05, 3.63) is 46.0 Å². The van der Waals surface area contributed by atoms with E-state index in [1.54, 1.807) is 29.2 Å². The predicted octanol–water partition coefficient (Wildman–Crippen LogP) is 2.58. The van der Waals surface area contributed by atoms with Crippen molar-refractivity contribution in [2.24, 2.45) is 0 Å². The predicted molar refractivity (Wildman–Crippen MR) is 89.4 cm³/mol. The molecule has 2 aromatic heterocycles. The normalized spacial score (nSPS) is 15.3. The minimum atomic E-state index is -0.164. The molecule has 0 aliphatic carbocycles. The number of thiophene rings is 1. The van der Waals surface area contributed by atoms with E-state index in [-0.39, 0.29) is 23.6 Å². The number of Topliss-reactive ketones (excluding diaryl/α,β-unsaturated/α-hetero) is 1. The molecule has 1 aliphatic heterocycles. The summed E-state index contributed by atoms with van der Waals surface area (Å²) in [6, 6.07) is 6.72. The van der Waals surface area contributed by atoms with E-state index in [0.29, 0.717) is 41.4 Å². The second kappa shape index (κ2) is 7.00. The number of furan rings is 1. The van der Waals surface area contributed by atoms with Gasteiger partial charge in [0.1, 0.15) is 0 Å². The number of piperidine rings is 1. The molecule has 126 valence electrons. The van der Waals surface area contributed by atoms with Gasteiger partial charge in [-0.1, -0.05) is 0 Å². The van der Waals surface area contributed by atoms with Gasteiger partial charge in [-0.15, -0.1) is 11.3 Å². The van der Waals surface area contributed by atoms with Crippen LogP contribution in [0.2, 0.25) is 0 Å². The zero-order valence-corrected chi connectivity index (χ0v) is 14.1. The van der Waals surface area contributed by atoms with Crippen molar-refractivity contribution in [1.82, 2.24) is 10.2 Å². The standard InChI is InChI=1S/C17H18N2O4S/c1-11(20)14-4-5-15(24-14)16(21)18-12-6-8-19(9-7-12)17(22)13-3-2-10-23-13/h2-5,10,12H,6-9H2,1H3,(H,18,21). The molecule has 0 saturated carbocycles. The summed E-state index contributed by atoms with van der Waals surface area (Å²) in [5.74, 6) is 0.0223. The largest absolute Gasteiger partial charge is 0.459 e. The summed E-state index contributed by atoms with van der Waals surface area (Å²) in [4.78, 5) is 38.6. The Balaban J connectivity index is 1.52. The first kappa shape index (κ1) is 16.4. The maximum absolute atomic E-state index is 12.2. The van der Waals surface area contributed by atoms with Crippen LogP contribution in [0.1, 0.15) is 49.7 Å². The van der Waals surface area contributed by atoms with Crippen molar-refractivity contribution in [3.8, 4) is 0 Å². The van der Waals surface area contributed by atoms with Crippen LogP contribution in [0.25, 0.3) is 0 Å². The van der Waals surface area contributed by atoms with Gasteiger partial charge in [0.05, 0.1) is 16.0 Å². The van der Waals surface area contributed by atoms with Crippen LogP contribution < -0.4 is 5.32 Å². The number of carbonyl (C=O) groups excluding carboxylic acids is 3. The Kier molecular flexibility index (Phi) is 4.80. The zero-order chi connectivity index (χ0) is 17.1. The Morgan fingerprint density at radius 2 is 1.88 bits per heavy atom. The quantitative estimate of drug-likeness (QED) is 0.863. The minimum Gasteiger partial charge on any atom is -0.459 e. The molecule has 3 rings (SSSR count). The van der Waals surface area contributed by atoms with Crippen LogP contribution in [0.5, 0.6) is 0 Å². The third-order valence-electron chi connectivity index (χ3n) is 4.03. The fraction of sp³-hybridized carbons (Fsp3) is 0.353. The average Bonchev–Trinajstić information content (AvgIpc) is 3.26. The lowest BCUT2D eigenvalue weighted by atomic mass is 10.0. The van der Waals surface area contributed by atoms with E-state index >= 15 is 0 Å². The van der Waals surface area contributed by atoms with E-state index in [1.165, 1.54) is 24.5 Å². The van der Waals surface area contributed by atoms with Crippen molar-refractivity contribution in [2.75, 3.05) is 13.1 Å². The fourth-order valence-corrected chi connectivity index (χ4v) is 3.49. The summed E-state index contributed by atoms with van der Waals surface area (Å²) >= 11 is 1.20. The molecule has 1 fully saturated rings. The minimum absolute atomic E-state index is 0.0287. The maximum atomic E-state index is 12.2. The van der Waals surface area contributed by atoms with Crippen LogP contribution in [-0.2, 0) is 0 Å². The molecule has 1 aliphatic rings. The third-order valence-corrected chi connectivity index (χ3v) is 5.21. The van der Waals surface area contributed by atoms with Crippen molar-refractivity contribution in [2.45, 2.75) is 25.8 Å². The summed E-state index contributed by atoms with van der Waals surface area (Å²) in [7, 11) is 0. The van der Waals surface area contributed by atoms with Gasteiger partial charge in [-0.25, -0.2) is 0 Å². The van der Waals surface area contributed by atoms with Crippen molar-refractivity contribution < 1.29 is 18.8 Å². The van der Waals surface area contributed by atoms with E-state index in [0.717, 1.165) is 0 Å². The van der Waals surface area contributed by atoms with Crippen LogP contribution in [0.15, 0.2) is 34.9 Å². The monoisotopic (exact) mass is 346 g/mol. The highest BCUT2D eigenvalue weighted by Crippen LogP contribution is 2.19. The molecule has 0 aromatic carbocycles. The Labute approximate surface area is 143 Å². The molecule has 3 heterocycles. The van der Waals surface area contributed by atoms with Gasteiger partial charge in [-0.3, -0.25) is 14.4 Å². The molecule has 0 bridgehead atoms. The number of hydrogen-bond donors (Lipinski definition) is 1. The first-order chi connectivity index (χ1) is 11.5. The average molecular weight is 346 g/mol. The summed E-state index contributed by atoms with van der Waals surface area (Å²) in [5, 5.41) is 2.98. The van der Waals surface area contributed by atoms with E-state index in [2.05, 4.69) is 5.32 Å². The molecule has 7 heteroatoms. The van der Waals surface area contributed by atoms with Crippen LogP contribution in [0.4, 0.5) is 0 Å². The lowest BCUT2D eigenvalue weighted by Gasteiger charge is -2.31. The summed E-state index contributed by atoms with van der Waals surface area (Å²) in [5.41, 5.74) is 0. The third kappa shape index (κ3) is 3.56. The topological polar surface area (TPSA) is 79.6 Å². The van der Waals surface area contributed by atoms with Crippen LogP contribution in [0.3, 0.4) is 0 Å². The lowest BCUT2D eigenvalue weighted by molar-refractivity contribution is 0.0667. The first-order valence-corrected chi connectivity index (χ1v) is 8.60. The van der Waals surface area contributed by atoms with Gasteiger partial charge in [-0.05, 0) is 44.0 Å². The second-order valence-corrected chi connectivity index (χ2v) is 6.82. The van der Waals surface area contributed by atoms with Gasteiger partial charge in [0, 0.05) is 19.1 Å². The SMILES string of the molecule is CC(=O)c1ccc(C(=O)NC2CCN(C(=O)c3ccco3)CC2)s1. The number of ketones is 1. The highest BCUT2D eigenvalue weighted by Gasteiger charge is 2.26. The molecule has 0 unspecified atom stereocenters. The Morgan fingerprint density at radius 3 is 2.46 bits per heavy atom. The van der Waals surface area contributed by atoms with Crippen molar-refractivity contribution in [1.29, 1.82) is 0 Å². The van der Waals surface area contributed by atoms with Gasteiger partial charge in [0.15, 0.2) is 11.5 Å². The molecule has 1 saturated heterocycles. The molecule has 2 aromatic rings. The molecule has 24 heavy (non-hydrogen) atoms. The maximum Gasteiger partial charge on any atom is 0.289 e. The van der Waals surface area contributed by atoms with Gasteiger partial charge in [0.25, 0.3) is 11.8 Å². The molecule has 6 nitrogen and oxygen atoms in total. The molecule has 0 radical (unpaired) electrons. The number of amides is 2. The molecular weight excluding hydrogens is 328 g/mol. The van der Waals surface area contributed by atoms with Crippen LogP contribution >= 0.6 is 11.3 Å². The Hall–Kier alpha value is -2.41. The van der Waals surface area contributed by atoms with E-state index in [4.69, 9.17) is 4.42 Å². The highest BCUT2D eigenvalue weighted by atomic mass is 32.1. The van der Waals surface area contributed by atoms with Gasteiger partial charge >= 0.3 is 0 Å². The van der Waals surface area contributed by atoms with E-state index in [1.807, 2.05) is 0 Å². The zero-order valence-electron chi connectivity index (χ0n) is 13.3. The summed E-state index contributed by atoms with van der Waals surface area (Å²) < 4.78 is 5.13. The van der Waals surface area contributed by atoms with Crippen molar-refractivity contribution in [3.63, 3.8) is 0 Å². The molecule has 0 atom stereocenters. The number of rotatable bonds is 4. The number of nitrogens with zero attached hydrogens (tertiary/aromatic N) is 1. The Bertz CT molecular complexity index is 742. The van der Waals surface area contributed by atoms with Crippen LogP contribution in [-0.4, -0.2) is 41.6 Å². The first-order valence-electron chi connectivity index (χ1n) is 7.79. The number of nitrogens with one attached hydrogen (secondary N) is 1. The van der Waals surface area contributed by atoms with Gasteiger partial charge in [-0.2, -0.15) is 0 Å². The van der Waals surface area contributed by atoms with Gasteiger partial charge < -0.3 is 14.6 Å². The highest BCUT2D eigenvalue weighted by molar-refractivity contribution is 7.15. The van der Waals surface area contributed by atoms with Crippen LogP contribution in [0, 0.1) is 0 Å². The summed E-state index contributed by atoms with van der Waals surface area (Å²) in [6.07, 6.45) is 2.88. The number of carbonyl (C=O) groups is 3. The molecule has 2 amide bonds. The van der Waals surface area contributed by atoms with E-state index < -0.39 is 0 Å². The molecule has 0 spiro atoms. The van der Waals surface area contributed by atoms with Crippen molar-refractivity contribution >= 4 is 28.9 Å². The van der Waals surface area contributed by atoms with Gasteiger partial charge in [0.2, 0.25) is 0 Å². The number of hydrogen-bond acceptors (Lipinski definition) is 5. The molecular formula is C17H18N2O4S. The Morgan fingerprint density at radius 1 is 1.17 bits per heavy atom. The summed E-state index contributed by atoms with van der Waals surface area (Å²) in [6.45, 7) is 2.64. The van der Waals surface area contributed by atoms with E-state index in [9.17, 15) is 14.4 Å².